The van der Waals surface area contributed by atoms with Gasteiger partial charge in [-0.15, -0.1) is 0 Å². The number of rotatable bonds is 2. The molecule has 0 aliphatic rings. The summed E-state index contributed by atoms with van der Waals surface area (Å²) in [4.78, 5) is 11.3. The number of hydrogen-bond donors (Lipinski definition) is 1. The zero-order valence-corrected chi connectivity index (χ0v) is 8.03. The van der Waals surface area contributed by atoms with Crippen LogP contribution in [0.25, 0.3) is 0 Å². The zero-order chi connectivity index (χ0) is 8.36. The van der Waals surface area contributed by atoms with Crippen LogP contribution in [-0.4, -0.2) is 11.5 Å². The van der Waals surface area contributed by atoms with Gasteiger partial charge in [-0.1, -0.05) is 27.7 Å². The average molecular weight is 160 g/mol. The summed E-state index contributed by atoms with van der Waals surface area (Å²) in [5, 5.41) is 0. The molecule has 0 rings (SSSR count). The highest BCUT2D eigenvalue weighted by molar-refractivity contribution is 7.80. The van der Waals surface area contributed by atoms with E-state index in [0.29, 0.717) is 11.5 Å². The fraction of sp³-hybridized carbons (Fsp3) is 0.875. The molecule has 0 aliphatic heterocycles. The molecule has 0 radical (unpaired) electrons. The van der Waals surface area contributed by atoms with Crippen molar-refractivity contribution < 1.29 is 4.79 Å². The lowest BCUT2D eigenvalue weighted by atomic mass is 9.85. The lowest BCUT2D eigenvalue weighted by molar-refractivity contribution is -0.129. The SMILES string of the molecule is CC(CS)C(=O)C(C)(C)C. The van der Waals surface area contributed by atoms with Crippen molar-refractivity contribution in [3.8, 4) is 0 Å². The number of ketones is 1. The second-order valence-electron chi connectivity index (χ2n) is 3.70. The third-order valence-electron chi connectivity index (χ3n) is 1.46. The summed E-state index contributed by atoms with van der Waals surface area (Å²) in [6.07, 6.45) is 0. The van der Waals surface area contributed by atoms with E-state index in [1.54, 1.807) is 0 Å². The van der Waals surface area contributed by atoms with Crippen LogP contribution in [0.2, 0.25) is 0 Å². The van der Waals surface area contributed by atoms with E-state index in [1.165, 1.54) is 0 Å². The highest BCUT2D eigenvalue weighted by Gasteiger charge is 2.25. The van der Waals surface area contributed by atoms with Gasteiger partial charge >= 0.3 is 0 Å². The Bertz CT molecular complexity index is 124. The van der Waals surface area contributed by atoms with Gasteiger partial charge in [0, 0.05) is 11.3 Å². The Labute approximate surface area is 68.6 Å². The summed E-state index contributed by atoms with van der Waals surface area (Å²) in [7, 11) is 0. The minimum atomic E-state index is -0.206. The van der Waals surface area contributed by atoms with E-state index in [-0.39, 0.29) is 11.3 Å². The Morgan fingerprint density at radius 3 is 2.00 bits per heavy atom. The third-order valence-corrected chi connectivity index (χ3v) is 2.01. The summed E-state index contributed by atoms with van der Waals surface area (Å²) in [5.41, 5.74) is -0.206. The smallest absolute Gasteiger partial charge is 0.141 e. The number of hydrogen-bond acceptors (Lipinski definition) is 2. The Hall–Kier alpha value is 0.0200. The molecule has 0 saturated carbocycles. The van der Waals surface area contributed by atoms with Crippen LogP contribution < -0.4 is 0 Å². The molecule has 0 spiro atoms. The summed E-state index contributed by atoms with van der Waals surface area (Å²) in [5.74, 6) is 1.03. The molecule has 60 valence electrons. The molecule has 10 heavy (non-hydrogen) atoms. The van der Waals surface area contributed by atoms with Crippen LogP contribution in [0.3, 0.4) is 0 Å². The fourth-order valence-corrected chi connectivity index (χ4v) is 0.988. The molecule has 0 aromatic rings. The molecule has 1 unspecified atom stereocenters. The van der Waals surface area contributed by atoms with Crippen LogP contribution >= 0.6 is 12.6 Å². The summed E-state index contributed by atoms with van der Waals surface area (Å²) in [6.45, 7) is 7.74. The molecule has 0 amide bonds. The molecule has 0 saturated heterocycles. The van der Waals surface area contributed by atoms with Gasteiger partial charge in [0.25, 0.3) is 0 Å². The van der Waals surface area contributed by atoms with Crippen LogP contribution in [0, 0.1) is 11.3 Å². The first-order valence-corrected chi connectivity index (χ1v) is 4.18. The van der Waals surface area contributed by atoms with Crippen LogP contribution in [-0.2, 0) is 4.79 Å². The lowest BCUT2D eigenvalue weighted by Crippen LogP contribution is -2.27. The van der Waals surface area contributed by atoms with Crippen molar-refractivity contribution >= 4 is 18.4 Å². The molecule has 0 bridgehead atoms. The van der Waals surface area contributed by atoms with Crippen molar-refractivity contribution in [2.75, 3.05) is 5.75 Å². The van der Waals surface area contributed by atoms with Gasteiger partial charge in [0.15, 0.2) is 0 Å². The minimum absolute atomic E-state index is 0.0864. The number of carbonyl (C=O) groups excluding carboxylic acids is 1. The van der Waals surface area contributed by atoms with E-state index in [2.05, 4.69) is 12.6 Å². The monoisotopic (exact) mass is 160 g/mol. The number of carbonyl (C=O) groups is 1. The highest BCUT2D eigenvalue weighted by atomic mass is 32.1. The molecular formula is C8H16OS. The van der Waals surface area contributed by atoms with E-state index >= 15 is 0 Å². The lowest BCUT2D eigenvalue weighted by Gasteiger charge is -2.20. The van der Waals surface area contributed by atoms with E-state index in [1.807, 2.05) is 27.7 Å². The molecule has 2 heteroatoms. The van der Waals surface area contributed by atoms with Gasteiger partial charge in [0.05, 0.1) is 0 Å². The van der Waals surface area contributed by atoms with Crippen LogP contribution in [0.1, 0.15) is 27.7 Å². The molecule has 1 atom stereocenters. The predicted octanol–water partition coefficient (Wildman–Crippen LogP) is 2.17. The topological polar surface area (TPSA) is 17.1 Å². The van der Waals surface area contributed by atoms with Gasteiger partial charge in [-0.25, -0.2) is 0 Å². The standard InChI is InChI=1S/C8H16OS/c1-6(5-10)7(9)8(2,3)4/h6,10H,5H2,1-4H3. The summed E-state index contributed by atoms with van der Waals surface area (Å²) >= 11 is 4.07. The largest absolute Gasteiger partial charge is 0.299 e. The molecule has 0 aliphatic carbocycles. The average Bonchev–Trinajstić information content (AvgIpc) is 1.83. The molecule has 0 aromatic carbocycles. The van der Waals surface area contributed by atoms with Gasteiger partial charge in [0.2, 0.25) is 0 Å². The number of thiol groups is 1. The zero-order valence-electron chi connectivity index (χ0n) is 7.14. The van der Waals surface area contributed by atoms with Crippen molar-refractivity contribution in [3.05, 3.63) is 0 Å². The molecule has 1 nitrogen and oxygen atoms in total. The summed E-state index contributed by atoms with van der Waals surface area (Å²) in [6, 6.07) is 0. The van der Waals surface area contributed by atoms with Gasteiger partial charge in [-0.05, 0) is 5.75 Å². The van der Waals surface area contributed by atoms with E-state index in [0.717, 1.165) is 0 Å². The quantitative estimate of drug-likeness (QED) is 0.613. The van der Waals surface area contributed by atoms with Crippen molar-refractivity contribution in [1.82, 2.24) is 0 Å². The Morgan fingerprint density at radius 2 is 1.90 bits per heavy atom. The van der Waals surface area contributed by atoms with E-state index in [4.69, 9.17) is 0 Å². The third kappa shape index (κ3) is 2.74. The van der Waals surface area contributed by atoms with Gasteiger partial charge in [-0.3, -0.25) is 4.79 Å². The van der Waals surface area contributed by atoms with Gasteiger partial charge in [-0.2, -0.15) is 12.6 Å². The van der Waals surface area contributed by atoms with Crippen LogP contribution in [0.4, 0.5) is 0 Å². The van der Waals surface area contributed by atoms with Gasteiger partial charge < -0.3 is 0 Å². The summed E-state index contributed by atoms with van der Waals surface area (Å²) < 4.78 is 0. The van der Waals surface area contributed by atoms with Crippen molar-refractivity contribution in [1.29, 1.82) is 0 Å². The highest BCUT2D eigenvalue weighted by Crippen LogP contribution is 2.20. The molecule has 0 heterocycles. The number of Topliss-reactive ketones (excluding diaryl/α,β-unsaturated/α-hetero) is 1. The van der Waals surface area contributed by atoms with Crippen LogP contribution in [0.5, 0.6) is 0 Å². The normalized spacial score (nSPS) is 14.9. The van der Waals surface area contributed by atoms with Crippen molar-refractivity contribution in [3.63, 3.8) is 0 Å². The fourth-order valence-electron chi connectivity index (χ4n) is 0.822. The maximum absolute atomic E-state index is 11.3. The first-order valence-electron chi connectivity index (χ1n) is 3.54. The Kier molecular flexibility index (Phi) is 3.43. The Balaban J connectivity index is 4.09. The molecular weight excluding hydrogens is 144 g/mol. The van der Waals surface area contributed by atoms with E-state index < -0.39 is 0 Å². The van der Waals surface area contributed by atoms with Gasteiger partial charge in [0.1, 0.15) is 5.78 Å². The first kappa shape index (κ1) is 10.0. The Morgan fingerprint density at radius 1 is 1.50 bits per heavy atom. The maximum atomic E-state index is 11.3. The second kappa shape index (κ2) is 3.42. The van der Waals surface area contributed by atoms with Crippen molar-refractivity contribution in [2.45, 2.75) is 27.7 Å². The van der Waals surface area contributed by atoms with E-state index in [9.17, 15) is 4.79 Å². The minimum Gasteiger partial charge on any atom is -0.299 e. The second-order valence-corrected chi connectivity index (χ2v) is 4.06. The predicted molar refractivity (Wildman–Crippen MR) is 47.5 cm³/mol. The molecule has 0 fully saturated rings. The van der Waals surface area contributed by atoms with Crippen molar-refractivity contribution in [2.24, 2.45) is 11.3 Å². The molecule has 0 N–H and O–H groups in total. The first-order chi connectivity index (χ1) is 4.39. The maximum Gasteiger partial charge on any atom is 0.141 e. The van der Waals surface area contributed by atoms with Crippen LogP contribution in [0.15, 0.2) is 0 Å². The molecule has 0 aromatic heterocycles.